The van der Waals surface area contributed by atoms with Crippen molar-refractivity contribution in [3.05, 3.63) is 29.6 Å². The summed E-state index contributed by atoms with van der Waals surface area (Å²) >= 11 is 0. The van der Waals surface area contributed by atoms with E-state index in [1.807, 2.05) is 26.0 Å². The lowest BCUT2D eigenvalue weighted by molar-refractivity contribution is -0.143. The molecule has 1 unspecified atom stereocenters. The summed E-state index contributed by atoms with van der Waals surface area (Å²) in [5.74, 6) is -0.800. The van der Waals surface area contributed by atoms with Crippen LogP contribution in [0.1, 0.15) is 31.5 Å². The maximum Gasteiger partial charge on any atom is 0.313 e. The first kappa shape index (κ1) is 10.7. The van der Waals surface area contributed by atoms with E-state index in [4.69, 9.17) is 5.11 Å². The molecule has 76 valence electrons. The maximum atomic E-state index is 11.1. The van der Waals surface area contributed by atoms with Gasteiger partial charge in [-0.25, -0.2) is 0 Å². The zero-order chi connectivity index (χ0) is 10.8. The number of carbonyl (C=O) groups is 1. The van der Waals surface area contributed by atoms with Crippen molar-refractivity contribution in [2.45, 2.75) is 32.6 Å². The van der Waals surface area contributed by atoms with Crippen LogP contribution in [-0.2, 0) is 10.2 Å². The molecule has 0 fully saturated rings. The summed E-state index contributed by atoms with van der Waals surface area (Å²) in [6.45, 7) is 5.48. The van der Waals surface area contributed by atoms with Gasteiger partial charge in [0.25, 0.3) is 0 Å². The summed E-state index contributed by atoms with van der Waals surface area (Å²) in [5.41, 5.74) is 0.844. The minimum Gasteiger partial charge on any atom is -0.481 e. The average molecular weight is 193 g/mol. The molecule has 0 bridgehead atoms. The Morgan fingerprint density at radius 2 is 2.21 bits per heavy atom. The van der Waals surface area contributed by atoms with Gasteiger partial charge in [0, 0.05) is 11.9 Å². The smallest absolute Gasteiger partial charge is 0.313 e. The number of aromatic nitrogens is 1. The van der Waals surface area contributed by atoms with E-state index < -0.39 is 11.4 Å². The van der Waals surface area contributed by atoms with Crippen LogP contribution in [0.15, 0.2) is 18.3 Å². The van der Waals surface area contributed by atoms with Crippen molar-refractivity contribution in [2.75, 3.05) is 0 Å². The second-order valence-electron chi connectivity index (χ2n) is 3.68. The summed E-state index contributed by atoms with van der Waals surface area (Å²) in [4.78, 5) is 15.2. The number of hydrogen-bond acceptors (Lipinski definition) is 2. The van der Waals surface area contributed by atoms with Crippen LogP contribution in [0.25, 0.3) is 0 Å². The predicted octanol–water partition coefficient (Wildman–Crippen LogP) is 2.14. The normalized spacial score (nSPS) is 14.8. The van der Waals surface area contributed by atoms with E-state index in [0.717, 1.165) is 11.3 Å². The van der Waals surface area contributed by atoms with E-state index in [-0.39, 0.29) is 0 Å². The molecule has 14 heavy (non-hydrogen) atoms. The molecule has 3 heteroatoms. The van der Waals surface area contributed by atoms with Crippen LogP contribution in [0.2, 0.25) is 0 Å². The van der Waals surface area contributed by atoms with Gasteiger partial charge in [0.2, 0.25) is 0 Å². The molecule has 0 aliphatic heterocycles. The first-order valence-electron chi connectivity index (χ1n) is 4.67. The van der Waals surface area contributed by atoms with Crippen LogP contribution >= 0.6 is 0 Å². The summed E-state index contributed by atoms with van der Waals surface area (Å²) in [6, 6.07) is 3.67. The minimum atomic E-state index is -0.819. The fourth-order valence-corrected chi connectivity index (χ4v) is 1.27. The van der Waals surface area contributed by atoms with E-state index in [0.29, 0.717) is 6.42 Å². The van der Waals surface area contributed by atoms with Gasteiger partial charge in [0.05, 0.1) is 5.41 Å². The molecule has 0 saturated carbocycles. The van der Waals surface area contributed by atoms with Crippen molar-refractivity contribution in [3.8, 4) is 0 Å². The second kappa shape index (κ2) is 3.78. The Morgan fingerprint density at radius 1 is 1.57 bits per heavy atom. The predicted molar refractivity (Wildman–Crippen MR) is 54.3 cm³/mol. The Bertz CT molecular complexity index is 332. The zero-order valence-electron chi connectivity index (χ0n) is 8.74. The highest BCUT2D eigenvalue weighted by Gasteiger charge is 2.33. The second-order valence-corrected chi connectivity index (χ2v) is 3.68. The van der Waals surface area contributed by atoms with E-state index in [9.17, 15) is 4.79 Å². The van der Waals surface area contributed by atoms with Gasteiger partial charge >= 0.3 is 5.97 Å². The third-order valence-electron chi connectivity index (χ3n) is 2.73. The standard InChI is InChI=1S/C11H15NO2/c1-4-11(3,10(13)14)9-6-5-8(2)12-7-9/h5-7H,4H2,1-3H3,(H,13,14). The summed E-state index contributed by atoms with van der Waals surface area (Å²) in [5, 5.41) is 9.13. The number of pyridine rings is 1. The highest BCUT2D eigenvalue weighted by molar-refractivity contribution is 5.80. The molecule has 0 aliphatic rings. The van der Waals surface area contributed by atoms with Crippen molar-refractivity contribution >= 4 is 5.97 Å². The van der Waals surface area contributed by atoms with Gasteiger partial charge in [-0.05, 0) is 31.9 Å². The van der Waals surface area contributed by atoms with E-state index in [2.05, 4.69) is 4.98 Å². The lowest BCUT2D eigenvalue weighted by Crippen LogP contribution is -2.31. The number of nitrogens with zero attached hydrogens (tertiary/aromatic N) is 1. The third-order valence-corrected chi connectivity index (χ3v) is 2.73. The van der Waals surface area contributed by atoms with Crippen LogP contribution in [0.5, 0.6) is 0 Å². The molecule has 1 N–H and O–H groups in total. The first-order valence-corrected chi connectivity index (χ1v) is 4.67. The molecular formula is C11H15NO2. The van der Waals surface area contributed by atoms with Crippen molar-refractivity contribution in [1.82, 2.24) is 4.98 Å². The third kappa shape index (κ3) is 1.76. The molecule has 0 radical (unpaired) electrons. The summed E-state index contributed by atoms with van der Waals surface area (Å²) in [7, 11) is 0. The van der Waals surface area contributed by atoms with E-state index >= 15 is 0 Å². The Kier molecular flexibility index (Phi) is 2.89. The van der Waals surface area contributed by atoms with Crippen molar-refractivity contribution < 1.29 is 9.90 Å². The fraction of sp³-hybridized carbons (Fsp3) is 0.455. The molecule has 0 aromatic carbocycles. The van der Waals surface area contributed by atoms with Crippen LogP contribution in [0.3, 0.4) is 0 Å². The van der Waals surface area contributed by atoms with Crippen LogP contribution in [-0.4, -0.2) is 16.1 Å². The van der Waals surface area contributed by atoms with Crippen molar-refractivity contribution in [1.29, 1.82) is 0 Å². The SMILES string of the molecule is CCC(C)(C(=O)O)c1ccc(C)nc1. The molecule has 0 amide bonds. The first-order chi connectivity index (χ1) is 6.50. The largest absolute Gasteiger partial charge is 0.481 e. The van der Waals surface area contributed by atoms with Gasteiger partial charge < -0.3 is 5.11 Å². The quantitative estimate of drug-likeness (QED) is 0.800. The highest BCUT2D eigenvalue weighted by atomic mass is 16.4. The lowest BCUT2D eigenvalue weighted by Gasteiger charge is -2.22. The Morgan fingerprint density at radius 3 is 2.57 bits per heavy atom. The zero-order valence-corrected chi connectivity index (χ0v) is 8.74. The summed E-state index contributed by atoms with van der Waals surface area (Å²) in [6.07, 6.45) is 2.21. The summed E-state index contributed by atoms with van der Waals surface area (Å²) < 4.78 is 0. The van der Waals surface area contributed by atoms with Gasteiger partial charge in [0.15, 0.2) is 0 Å². The molecule has 1 aromatic rings. The van der Waals surface area contributed by atoms with Gasteiger partial charge in [-0.15, -0.1) is 0 Å². The molecule has 1 aromatic heterocycles. The number of aliphatic carboxylic acids is 1. The number of rotatable bonds is 3. The van der Waals surface area contributed by atoms with Crippen LogP contribution < -0.4 is 0 Å². The van der Waals surface area contributed by atoms with Gasteiger partial charge in [-0.1, -0.05) is 13.0 Å². The minimum absolute atomic E-state index is 0.563. The Balaban J connectivity index is 3.13. The monoisotopic (exact) mass is 193 g/mol. The van der Waals surface area contributed by atoms with Crippen LogP contribution in [0.4, 0.5) is 0 Å². The Labute approximate surface area is 83.8 Å². The molecule has 1 rings (SSSR count). The van der Waals surface area contributed by atoms with Gasteiger partial charge in [0.1, 0.15) is 0 Å². The van der Waals surface area contributed by atoms with Crippen molar-refractivity contribution in [2.24, 2.45) is 0 Å². The molecule has 1 atom stereocenters. The molecule has 1 heterocycles. The lowest BCUT2D eigenvalue weighted by atomic mass is 9.81. The van der Waals surface area contributed by atoms with Gasteiger partial charge in [-0.3, -0.25) is 9.78 Å². The number of carboxylic acids is 1. The van der Waals surface area contributed by atoms with E-state index in [1.165, 1.54) is 0 Å². The number of aryl methyl sites for hydroxylation is 1. The van der Waals surface area contributed by atoms with Crippen LogP contribution in [0, 0.1) is 6.92 Å². The van der Waals surface area contributed by atoms with E-state index in [1.54, 1.807) is 13.1 Å². The molecular weight excluding hydrogens is 178 g/mol. The highest BCUT2D eigenvalue weighted by Crippen LogP contribution is 2.27. The van der Waals surface area contributed by atoms with Gasteiger partial charge in [-0.2, -0.15) is 0 Å². The fourth-order valence-electron chi connectivity index (χ4n) is 1.27. The van der Waals surface area contributed by atoms with Crippen molar-refractivity contribution in [3.63, 3.8) is 0 Å². The number of carboxylic acid groups (broad SMARTS) is 1. The maximum absolute atomic E-state index is 11.1. The molecule has 0 aliphatic carbocycles. The Hall–Kier alpha value is -1.38. The topological polar surface area (TPSA) is 50.2 Å². The molecule has 3 nitrogen and oxygen atoms in total. The molecule has 0 spiro atoms. The number of hydrogen-bond donors (Lipinski definition) is 1. The average Bonchev–Trinajstić information content (AvgIpc) is 2.17. The molecule has 0 saturated heterocycles.